The molecule has 14 heavy (non-hydrogen) atoms. The minimum Gasteiger partial charge on any atom is -0.315 e. The van der Waals surface area contributed by atoms with Gasteiger partial charge in [0.25, 0.3) is 0 Å². The molecule has 0 saturated carbocycles. The molecule has 2 rings (SSSR count). The molecule has 1 aliphatic rings. The molecule has 1 aromatic rings. The standard InChI is InChI=1S/C10H16N2S.ClH/c1-8(10-3-2-6-13-10)12-9-4-5-11-7-9;/h2-3,6,8-9,11-12H,4-5,7H2,1H3;1H. The van der Waals surface area contributed by atoms with Crippen molar-refractivity contribution in [3.63, 3.8) is 0 Å². The van der Waals surface area contributed by atoms with Crippen LogP contribution < -0.4 is 10.6 Å². The van der Waals surface area contributed by atoms with Crippen LogP contribution in [-0.4, -0.2) is 19.1 Å². The minimum atomic E-state index is 0. The molecule has 2 nitrogen and oxygen atoms in total. The van der Waals surface area contributed by atoms with E-state index in [1.165, 1.54) is 11.3 Å². The van der Waals surface area contributed by atoms with Crippen LogP contribution in [0.5, 0.6) is 0 Å². The summed E-state index contributed by atoms with van der Waals surface area (Å²) in [4.78, 5) is 1.44. The van der Waals surface area contributed by atoms with Gasteiger partial charge >= 0.3 is 0 Å². The van der Waals surface area contributed by atoms with E-state index < -0.39 is 0 Å². The molecule has 4 heteroatoms. The summed E-state index contributed by atoms with van der Waals surface area (Å²) in [6.07, 6.45) is 1.26. The Morgan fingerprint density at radius 2 is 2.50 bits per heavy atom. The summed E-state index contributed by atoms with van der Waals surface area (Å²) >= 11 is 1.83. The van der Waals surface area contributed by atoms with Crippen molar-refractivity contribution < 1.29 is 0 Å². The fourth-order valence-corrected chi connectivity index (χ4v) is 2.51. The monoisotopic (exact) mass is 232 g/mol. The fraction of sp³-hybridized carbons (Fsp3) is 0.600. The van der Waals surface area contributed by atoms with Gasteiger partial charge in [-0.25, -0.2) is 0 Å². The molecular formula is C10H17ClN2S. The summed E-state index contributed by atoms with van der Waals surface area (Å²) in [5, 5.41) is 9.13. The Morgan fingerprint density at radius 3 is 3.07 bits per heavy atom. The van der Waals surface area contributed by atoms with Gasteiger partial charge in [-0.1, -0.05) is 6.07 Å². The van der Waals surface area contributed by atoms with Crippen molar-refractivity contribution in [1.82, 2.24) is 10.6 Å². The van der Waals surface area contributed by atoms with Gasteiger partial charge in [0.2, 0.25) is 0 Å². The molecule has 1 aromatic heterocycles. The first-order chi connectivity index (χ1) is 6.36. The average Bonchev–Trinajstić information content (AvgIpc) is 2.74. The van der Waals surface area contributed by atoms with E-state index in [4.69, 9.17) is 0 Å². The molecule has 1 aliphatic heterocycles. The number of rotatable bonds is 3. The molecule has 0 aliphatic carbocycles. The maximum atomic E-state index is 3.63. The molecule has 1 saturated heterocycles. The summed E-state index contributed by atoms with van der Waals surface area (Å²) in [7, 11) is 0. The Labute approximate surface area is 95.5 Å². The first-order valence-corrected chi connectivity index (χ1v) is 5.74. The maximum Gasteiger partial charge on any atom is 0.0388 e. The minimum absolute atomic E-state index is 0. The molecule has 2 unspecified atom stereocenters. The van der Waals surface area contributed by atoms with Gasteiger partial charge in [-0.05, 0) is 31.3 Å². The van der Waals surface area contributed by atoms with Gasteiger partial charge in [0.15, 0.2) is 0 Å². The van der Waals surface area contributed by atoms with Gasteiger partial charge in [-0.2, -0.15) is 0 Å². The van der Waals surface area contributed by atoms with Crippen molar-refractivity contribution in [3.05, 3.63) is 22.4 Å². The van der Waals surface area contributed by atoms with Crippen molar-refractivity contribution in [1.29, 1.82) is 0 Å². The van der Waals surface area contributed by atoms with Gasteiger partial charge in [0, 0.05) is 23.5 Å². The van der Waals surface area contributed by atoms with Crippen LogP contribution in [0.4, 0.5) is 0 Å². The van der Waals surface area contributed by atoms with E-state index in [1.54, 1.807) is 0 Å². The van der Waals surface area contributed by atoms with Gasteiger partial charge < -0.3 is 10.6 Å². The van der Waals surface area contributed by atoms with Crippen molar-refractivity contribution in [2.24, 2.45) is 0 Å². The second-order valence-corrected chi connectivity index (χ2v) is 4.57. The van der Waals surface area contributed by atoms with Crippen LogP contribution in [0.3, 0.4) is 0 Å². The van der Waals surface area contributed by atoms with Crippen molar-refractivity contribution >= 4 is 23.7 Å². The fourth-order valence-electron chi connectivity index (χ4n) is 1.77. The normalized spacial score (nSPS) is 23.1. The van der Waals surface area contributed by atoms with E-state index in [-0.39, 0.29) is 12.4 Å². The SMILES string of the molecule is CC(NC1CCNC1)c1cccs1.Cl. The van der Waals surface area contributed by atoms with E-state index in [2.05, 4.69) is 35.1 Å². The Balaban J connectivity index is 0.000000980. The highest BCUT2D eigenvalue weighted by molar-refractivity contribution is 7.10. The smallest absolute Gasteiger partial charge is 0.0388 e. The predicted molar refractivity (Wildman–Crippen MR) is 64.4 cm³/mol. The lowest BCUT2D eigenvalue weighted by atomic mass is 10.2. The highest BCUT2D eigenvalue weighted by Crippen LogP contribution is 2.19. The van der Waals surface area contributed by atoms with Gasteiger partial charge in [0.05, 0.1) is 0 Å². The number of hydrogen-bond donors (Lipinski definition) is 2. The Hall–Kier alpha value is -0.0900. The highest BCUT2D eigenvalue weighted by atomic mass is 35.5. The zero-order valence-corrected chi connectivity index (χ0v) is 9.96. The molecular weight excluding hydrogens is 216 g/mol. The third-order valence-corrected chi connectivity index (χ3v) is 3.57. The number of hydrogen-bond acceptors (Lipinski definition) is 3. The van der Waals surface area contributed by atoms with Gasteiger partial charge in [-0.3, -0.25) is 0 Å². The van der Waals surface area contributed by atoms with E-state index in [9.17, 15) is 0 Å². The topological polar surface area (TPSA) is 24.1 Å². The number of thiophene rings is 1. The second kappa shape index (κ2) is 5.71. The zero-order valence-electron chi connectivity index (χ0n) is 8.32. The second-order valence-electron chi connectivity index (χ2n) is 3.59. The zero-order chi connectivity index (χ0) is 9.10. The summed E-state index contributed by atoms with van der Waals surface area (Å²) < 4.78 is 0. The Bertz CT molecular complexity index is 245. The van der Waals surface area contributed by atoms with Crippen LogP contribution in [-0.2, 0) is 0 Å². The summed E-state index contributed by atoms with van der Waals surface area (Å²) in [6.45, 7) is 4.52. The van der Waals surface area contributed by atoms with Crippen LogP contribution in [0, 0.1) is 0 Å². The van der Waals surface area contributed by atoms with Crippen molar-refractivity contribution in [2.75, 3.05) is 13.1 Å². The van der Waals surface area contributed by atoms with Crippen LogP contribution in [0.25, 0.3) is 0 Å². The Morgan fingerprint density at radius 1 is 1.64 bits per heavy atom. The lowest BCUT2D eigenvalue weighted by Gasteiger charge is -2.17. The molecule has 2 heterocycles. The quantitative estimate of drug-likeness (QED) is 0.835. The summed E-state index contributed by atoms with van der Waals surface area (Å²) in [6, 6.07) is 5.48. The van der Waals surface area contributed by atoms with Gasteiger partial charge in [0.1, 0.15) is 0 Å². The van der Waals surface area contributed by atoms with E-state index in [0.717, 1.165) is 13.1 Å². The van der Waals surface area contributed by atoms with Crippen LogP contribution >= 0.6 is 23.7 Å². The third kappa shape index (κ3) is 2.95. The van der Waals surface area contributed by atoms with Crippen LogP contribution in [0.2, 0.25) is 0 Å². The molecule has 2 N–H and O–H groups in total. The van der Waals surface area contributed by atoms with Crippen LogP contribution in [0.15, 0.2) is 17.5 Å². The van der Waals surface area contributed by atoms with Gasteiger partial charge in [-0.15, -0.1) is 23.7 Å². The molecule has 0 spiro atoms. The number of halogens is 1. The van der Waals surface area contributed by atoms with Crippen molar-refractivity contribution in [3.8, 4) is 0 Å². The first-order valence-electron chi connectivity index (χ1n) is 4.86. The van der Waals surface area contributed by atoms with E-state index >= 15 is 0 Å². The molecule has 0 aromatic carbocycles. The number of nitrogens with one attached hydrogen (secondary N) is 2. The maximum absolute atomic E-state index is 3.63. The molecule has 2 atom stereocenters. The predicted octanol–water partition coefficient (Wildman–Crippen LogP) is 2.18. The Kier molecular flexibility index (Phi) is 4.89. The molecule has 1 fully saturated rings. The molecule has 0 amide bonds. The highest BCUT2D eigenvalue weighted by Gasteiger charge is 2.17. The van der Waals surface area contributed by atoms with E-state index in [1.807, 2.05) is 11.3 Å². The first kappa shape index (κ1) is 12.0. The average molecular weight is 233 g/mol. The summed E-state index contributed by atoms with van der Waals surface area (Å²) in [5.74, 6) is 0. The molecule has 0 radical (unpaired) electrons. The summed E-state index contributed by atoms with van der Waals surface area (Å²) in [5.41, 5.74) is 0. The van der Waals surface area contributed by atoms with E-state index in [0.29, 0.717) is 12.1 Å². The van der Waals surface area contributed by atoms with Crippen LogP contribution in [0.1, 0.15) is 24.3 Å². The molecule has 80 valence electrons. The lowest BCUT2D eigenvalue weighted by Crippen LogP contribution is -2.32. The third-order valence-electron chi connectivity index (χ3n) is 2.52. The van der Waals surface area contributed by atoms with Crippen molar-refractivity contribution in [2.45, 2.75) is 25.4 Å². The largest absolute Gasteiger partial charge is 0.315 e. The lowest BCUT2D eigenvalue weighted by molar-refractivity contribution is 0.483. The molecule has 0 bridgehead atoms.